The van der Waals surface area contributed by atoms with Crippen molar-refractivity contribution in [3.63, 3.8) is 0 Å². The summed E-state index contributed by atoms with van der Waals surface area (Å²) < 4.78 is 38.2. The van der Waals surface area contributed by atoms with E-state index in [9.17, 15) is 13.2 Å². The highest BCUT2D eigenvalue weighted by molar-refractivity contribution is 7.92. The fourth-order valence-corrected chi connectivity index (χ4v) is 4.05. The standard InChI is InChI=1S/C20H26N2O5S/c1-4-5-13-21-20(23)15-22(28(24,25)17-9-7-6-8-10-17)18-12-11-16(26-2)14-19(18)27-3/h6-12,14H,4-5,13,15H2,1-3H3,(H,21,23). The number of hydrogen-bond acceptors (Lipinski definition) is 5. The van der Waals surface area contributed by atoms with E-state index in [1.807, 2.05) is 6.92 Å². The van der Waals surface area contributed by atoms with Crippen LogP contribution in [0.2, 0.25) is 0 Å². The van der Waals surface area contributed by atoms with Gasteiger partial charge in [0.25, 0.3) is 10.0 Å². The Morgan fingerprint density at radius 3 is 2.39 bits per heavy atom. The molecule has 7 nitrogen and oxygen atoms in total. The number of nitrogens with one attached hydrogen (secondary N) is 1. The molecule has 152 valence electrons. The van der Waals surface area contributed by atoms with Crippen molar-refractivity contribution in [3.05, 3.63) is 48.5 Å². The summed E-state index contributed by atoms with van der Waals surface area (Å²) in [4.78, 5) is 12.5. The van der Waals surface area contributed by atoms with Crippen molar-refractivity contribution in [2.24, 2.45) is 0 Å². The first-order chi connectivity index (χ1) is 13.4. The fraction of sp³-hybridized carbons (Fsp3) is 0.350. The second-order valence-corrected chi connectivity index (χ2v) is 7.93. The molecule has 0 saturated carbocycles. The van der Waals surface area contributed by atoms with Gasteiger partial charge in [0.2, 0.25) is 5.91 Å². The van der Waals surface area contributed by atoms with Crippen LogP contribution in [-0.4, -0.2) is 41.6 Å². The zero-order valence-corrected chi connectivity index (χ0v) is 17.2. The van der Waals surface area contributed by atoms with E-state index in [4.69, 9.17) is 9.47 Å². The molecule has 1 N–H and O–H groups in total. The van der Waals surface area contributed by atoms with E-state index < -0.39 is 10.0 Å². The van der Waals surface area contributed by atoms with E-state index in [1.54, 1.807) is 36.4 Å². The third-order valence-corrected chi connectivity index (χ3v) is 5.90. The zero-order valence-electron chi connectivity index (χ0n) is 16.3. The maximum Gasteiger partial charge on any atom is 0.264 e. The van der Waals surface area contributed by atoms with Gasteiger partial charge in [-0.05, 0) is 30.7 Å². The highest BCUT2D eigenvalue weighted by Gasteiger charge is 2.29. The third kappa shape index (κ3) is 5.16. The highest BCUT2D eigenvalue weighted by atomic mass is 32.2. The minimum Gasteiger partial charge on any atom is -0.497 e. The lowest BCUT2D eigenvalue weighted by Gasteiger charge is -2.26. The molecule has 0 atom stereocenters. The molecule has 28 heavy (non-hydrogen) atoms. The van der Waals surface area contributed by atoms with Gasteiger partial charge >= 0.3 is 0 Å². The van der Waals surface area contributed by atoms with Crippen LogP contribution in [0.4, 0.5) is 5.69 Å². The molecule has 2 aromatic rings. The van der Waals surface area contributed by atoms with E-state index in [1.165, 1.54) is 26.4 Å². The number of sulfonamides is 1. The number of methoxy groups -OCH3 is 2. The smallest absolute Gasteiger partial charge is 0.264 e. The van der Waals surface area contributed by atoms with Crippen LogP contribution in [0.25, 0.3) is 0 Å². The Bertz CT molecular complexity index is 885. The van der Waals surface area contributed by atoms with Gasteiger partial charge < -0.3 is 14.8 Å². The molecule has 0 heterocycles. The molecule has 0 bridgehead atoms. The van der Waals surface area contributed by atoms with Gasteiger partial charge in [-0.3, -0.25) is 9.10 Å². The quantitative estimate of drug-likeness (QED) is 0.613. The number of unbranched alkanes of at least 4 members (excludes halogenated alkanes) is 1. The molecule has 0 radical (unpaired) electrons. The molecule has 1 amide bonds. The molecule has 0 fully saturated rings. The number of ether oxygens (including phenoxy) is 2. The van der Waals surface area contributed by atoms with Gasteiger partial charge in [0, 0.05) is 12.6 Å². The lowest BCUT2D eigenvalue weighted by molar-refractivity contribution is -0.119. The highest BCUT2D eigenvalue weighted by Crippen LogP contribution is 2.35. The Balaban J connectivity index is 2.46. The van der Waals surface area contributed by atoms with Crippen molar-refractivity contribution in [3.8, 4) is 11.5 Å². The molecule has 2 rings (SSSR count). The molecule has 0 unspecified atom stereocenters. The van der Waals surface area contributed by atoms with Crippen LogP contribution in [0, 0.1) is 0 Å². The zero-order chi connectivity index (χ0) is 20.6. The molecule has 0 spiro atoms. The second kappa shape index (κ2) is 9.98. The first-order valence-corrected chi connectivity index (χ1v) is 10.4. The number of carbonyl (C=O) groups excluding carboxylic acids is 1. The minimum absolute atomic E-state index is 0.0919. The van der Waals surface area contributed by atoms with E-state index >= 15 is 0 Å². The monoisotopic (exact) mass is 406 g/mol. The van der Waals surface area contributed by atoms with Gasteiger partial charge in [0.05, 0.1) is 24.8 Å². The normalized spacial score (nSPS) is 11.0. The van der Waals surface area contributed by atoms with Gasteiger partial charge in [-0.25, -0.2) is 8.42 Å². The van der Waals surface area contributed by atoms with Gasteiger partial charge in [0.1, 0.15) is 18.0 Å². The van der Waals surface area contributed by atoms with Crippen LogP contribution in [0.5, 0.6) is 11.5 Å². The van der Waals surface area contributed by atoms with Crippen molar-refractivity contribution >= 4 is 21.6 Å². The fourth-order valence-electron chi connectivity index (χ4n) is 2.60. The van der Waals surface area contributed by atoms with Crippen molar-refractivity contribution in [1.82, 2.24) is 5.32 Å². The summed E-state index contributed by atoms with van der Waals surface area (Å²) in [5, 5.41) is 2.76. The Kier molecular flexibility index (Phi) is 7.69. The van der Waals surface area contributed by atoms with E-state index in [-0.39, 0.29) is 23.0 Å². The van der Waals surface area contributed by atoms with Gasteiger partial charge in [-0.15, -0.1) is 0 Å². The molecule has 0 aromatic heterocycles. The predicted molar refractivity (Wildman–Crippen MR) is 108 cm³/mol. The first-order valence-electron chi connectivity index (χ1n) is 9.00. The average molecular weight is 407 g/mol. The molecule has 2 aromatic carbocycles. The minimum atomic E-state index is -3.98. The molecular weight excluding hydrogens is 380 g/mol. The van der Waals surface area contributed by atoms with E-state index in [2.05, 4.69) is 5.32 Å². The SMILES string of the molecule is CCCCNC(=O)CN(c1ccc(OC)cc1OC)S(=O)(=O)c1ccccc1. The molecule has 0 aliphatic carbocycles. The summed E-state index contributed by atoms with van der Waals surface area (Å²) in [6.45, 7) is 2.15. The van der Waals surface area contributed by atoms with Crippen molar-refractivity contribution in [2.75, 3.05) is 31.6 Å². The molecule has 0 saturated heterocycles. The van der Waals surface area contributed by atoms with Crippen LogP contribution >= 0.6 is 0 Å². The Morgan fingerprint density at radius 1 is 1.07 bits per heavy atom. The number of nitrogens with zero attached hydrogens (tertiary/aromatic N) is 1. The van der Waals surface area contributed by atoms with Gasteiger partial charge in [-0.2, -0.15) is 0 Å². The van der Waals surface area contributed by atoms with E-state index in [0.717, 1.165) is 17.1 Å². The van der Waals surface area contributed by atoms with E-state index in [0.29, 0.717) is 18.0 Å². The Hall–Kier alpha value is -2.74. The number of amides is 1. The summed E-state index contributed by atoms with van der Waals surface area (Å²) in [6.07, 6.45) is 1.75. The van der Waals surface area contributed by atoms with Crippen molar-refractivity contribution < 1.29 is 22.7 Å². The number of anilines is 1. The Morgan fingerprint density at radius 2 is 1.79 bits per heavy atom. The van der Waals surface area contributed by atoms with Crippen LogP contribution in [-0.2, 0) is 14.8 Å². The maximum atomic E-state index is 13.3. The number of carbonyl (C=O) groups is 1. The van der Waals surface area contributed by atoms with Crippen LogP contribution in [0.15, 0.2) is 53.4 Å². The molecule has 0 aliphatic heterocycles. The number of rotatable bonds is 10. The average Bonchev–Trinajstić information content (AvgIpc) is 2.72. The van der Waals surface area contributed by atoms with Crippen molar-refractivity contribution in [2.45, 2.75) is 24.7 Å². The first kappa shape index (κ1) is 21.6. The topological polar surface area (TPSA) is 84.9 Å². The summed E-state index contributed by atoms with van der Waals surface area (Å²) in [6, 6.07) is 12.8. The lowest BCUT2D eigenvalue weighted by atomic mass is 10.2. The van der Waals surface area contributed by atoms with Crippen LogP contribution in [0.1, 0.15) is 19.8 Å². The summed E-state index contributed by atoms with van der Waals surface area (Å²) in [5.74, 6) is 0.427. The largest absolute Gasteiger partial charge is 0.497 e. The summed E-state index contributed by atoms with van der Waals surface area (Å²) >= 11 is 0. The van der Waals surface area contributed by atoms with Gasteiger partial charge in [-0.1, -0.05) is 31.5 Å². The van der Waals surface area contributed by atoms with Gasteiger partial charge in [0.15, 0.2) is 0 Å². The van der Waals surface area contributed by atoms with Crippen molar-refractivity contribution in [1.29, 1.82) is 0 Å². The molecule has 8 heteroatoms. The summed E-state index contributed by atoms with van der Waals surface area (Å²) in [7, 11) is -1.03. The summed E-state index contributed by atoms with van der Waals surface area (Å²) in [5.41, 5.74) is 0.262. The number of hydrogen-bond donors (Lipinski definition) is 1. The van der Waals surface area contributed by atoms with Crippen LogP contribution < -0.4 is 19.1 Å². The maximum absolute atomic E-state index is 13.3. The lowest BCUT2D eigenvalue weighted by Crippen LogP contribution is -2.41. The molecule has 0 aliphatic rings. The molecular formula is C20H26N2O5S. The predicted octanol–water partition coefficient (Wildman–Crippen LogP) is 2.82. The Labute approximate surface area is 166 Å². The van der Waals surface area contributed by atoms with Crippen LogP contribution in [0.3, 0.4) is 0 Å². The third-order valence-electron chi connectivity index (χ3n) is 4.13. The second-order valence-electron chi connectivity index (χ2n) is 6.07. The number of benzene rings is 2.